The zero-order chi connectivity index (χ0) is 16.7. The van der Waals surface area contributed by atoms with Crippen LogP contribution in [0.5, 0.6) is 11.5 Å². The van der Waals surface area contributed by atoms with Gasteiger partial charge in [0.2, 0.25) is 0 Å². The molecular weight excluding hydrogens is 290 g/mol. The Morgan fingerprint density at radius 2 is 1.78 bits per heavy atom. The number of carbonyl (C=O) groups is 1. The molecule has 1 N–H and O–H groups in total. The van der Waals surface area contributed by atoms with Crippen LogP contribution in [0, 0.1) is 6.92 Å². The fraction of sp³-hybridized carbons (Fsp3) is 0.316. The Balaban J connectivity index is 1.79. The quantitative estimate of drug-likeness (QED) is 0.797. The third kappa shape index (κ3) is 4.74. The van der Waals surface area contributed by atoms with Crippen LogP contribution < -0.4 is 14.8 Å². The topological polar surface area (TPSA) is 47.6 Å². The van der Waals surface area contributed by atoms with Gasteiger partial charge in [-0.15, -0.1) is 0 Å². The largest absolute Gasteiger partial charge is 0.497 e. The van der Waals surface area contributed by atoms with E-state index in [9.17, 15) is 4.79 Å². The SMILES string of the molecule is COc1ccc(CCCNC(=O)c2ccc(OC)c(C)c2)cc1. The number of benzene rings is 2. The normalized spacial score (nSPS) is 10.2. The highest BCUT2D eigenvalue weighted by Gasteiger charge is 2.07. The minimum absolute atomic E-state index is 0.0505. The van der Waals surface area contributed by atoms with Gasteiger partial charge in [-0.2, -0.15) is 0 Å². The van der Waals surface area contributed by atoms with Gasteiger partial charge in [0, 0.05) is 12.1 Å². The van der Waals surface area contributed by atoms with Crippen LogP contribution in [0.3, 0.4) is 0 Å². The lowest BCUT2D eigenvalue weighted by Gasteiger charge is -2.09. The Hall–Kier alpha value is -2.49. The molecule has 0 saturated carbocycles. The molecule has 0 spiro atoms. The summed E-state index contributed by atoms with van der Waals surface area (Å²) in [6.45, 7) is 2.58. The summed E-state index contributed by atoms with van der Waals surface area (Å²) < 4.78 is 10.3. The van der Waals surface area contributed by atoms with Gasteiger partial charge in [0.1, 0.15) is 11.5 Å². The summed E-state index contributed by atoms with van der Waals surface area (Å²) in [6.07, 6.45) is 1.82. The minimum atomic E-state index is -0.0505. The van der Waals surface area contributed by atoms with E-state index >= 15 is 0 Å². The monoisotopic (exact) mass is 313 g/mol. The first-order valence-electron chi connectivity index (χ1n) is 7.70. The molecule has 2 rings (SSSR count). The van der Waals surface area contributed by atoms with Crippen LogP contribution in [0.15, 0.2) is 42.5 Å². The molecule has 0 aliphatic carbocycles. The van der Waals surface area contributed by atoms with E-state index in [0.29, 0.717) is 12.1 Å². The number of hydrogen-bond acceptors (Lipinski definition) is 3. The molecule has 0 atom stereocenters. The van der Waals surface area contributed by atoms with Crippen LogP contribution in [0.1, 0.15) is 27.9 Å². The standard InChI is InChI=1S/C19H23NO3/c1-14-13-16(8-11-18(14)23-3)19(21)20-12-4-5-15-6-9-17(22-2)10-7-15/h6-11,13H,4-5,12H2,1-3H3,(H,20,21). The number of hydrogen-bond donors (Lipinski definition) is 1. The fourth-order valence-electron chi connectivity index (χ4n) is 2.41. The molecular formula is C19H23NO3. The van der Waals surface area contributed by atoms with Crippen molar-refractivity contribution in [2.75, 3.05) is 20.8 Å². The van der Waals surface area contributed by atoms with E-state index in [-0.39, 0.29) is 5.91 Å². The van der Waals surface area contributed by atoms with Crippen molar-refractivity contribution < 1.29 is 14.3 Å². The smallest absolute Gasteiger partial charge is 0.251 e. The Morgan fingerprint density at radius 3 is 2.39 bits per heavy atom. The summed E-state index contributed by atoms with van der Waals surface area (Å²) in [7, 11) is 3.28. The van der Waals surface area contributed by atoms with Gasteiger partial charge < -0.3 is 14.8 Å². The second-order valence-electron chi connectivity index (χ2n) is 5.39. The average molecular weight is 313 g/mol. The number of nitrogens with one attached hydrogen (secondary N) is 1. The van der Waals surface area contributed by atoms with E-state index < -0.39 is 0 Å². The molecule has 0 unspecified atom stereocenters. The van der Waals surface area contributed by atoms with Crippen LogP contribution in [0.4, 0.5) is 0 Å². The molecule has 0 radical (unpaired) electrons. The fourth-order valence-corrected chi connectivity index (χ4v) is 2.41. The lowest BCUT2D eigenvalue weighted by Crippen LogP contribution is -2.24. The molecule has 0 fully saturated rings. The number of carbonyl (C=O) groups excluding carboxylic acids is 1. The highest BCUT2D eigenvalue weighted by atomic mass is 16.5. The van der Waals surface area contributed by atoms with Gasteiger partial charge in [0.15, 0.2) is 0 Å². The van der Waals surface area contributed by atoms with Crippen LogP contribution in [0.25, 0.3) is 0 Å². The van der Waals surface area contributed by atoms with E-state index in [4.69, 9.17) is 9.47 Å². The molecule has 1 amide bonds. The number of aryl methyl sites for hydroxylation is 2. The molecule has 4 nitrogen and oxygen atoms in total. The predicted molar refractivity (Wildman–Crippen MR) is 91.4 cm³/mol. The molecule has 0 bridgehead atoms. The van der Waals surface area contributed by atoms with Gasteiger partial charge in [-0.05, 0) is 61.2 Å². The van der Waals surface area contributed by atoms with Crippen molar-refractivity contribution in [1.29, 1.82) is 0 Å². The summed E-state index contributed by atoms with van der Waals surface area (Å²) in [5, 5.41) is 2.95. The summed E-state index contributed by atoms with van der Waals surface area (Å²) >= 11 is 0. The molecule has 2 aromatic rings. The number of ether oxygens (including phenoxy) is 2. The van der Waals surface area contributed by atoms with Crippen LogP contribution >= 0.6 is 0 Å². The van der Waals surface area contributed by atoms with E-state index in [0.717, 1.165) is 29.9 Å². The molecule has 0 heterocycles. The predicted octanol–water partition coefficient (Wildman–Crippen LogP) is 3.37. The van der Waals surface area contributed by atoms with Crippen molar-refractivity contribution >= 4 is 5.91 Å². The number of methoxy groups -OCH3 is 2. The first-order valence-corrected chi connectivity index (χ1v) is 7.70. The van der Waals surface area contributed by atoms with Crippen molar-refractivity contribution in [1.82, 2.24) is 5.32 Å². The molecule has 23 heavy (non-hydrogen) atoms. The van der Waals surface area contributed by atoms with Crippen molar-refractivity contribution in [3.05, 3.63) is 59.2 Å². The van der Waals surface area contributed by atoms with Crippen molar-refractivity contribution in [3.8, 4) is 11.5 Å². The maximum atomic E-state index is 12.1. The molecule has 0 saturated heterocycles. The first-order chi connectivity index (χ1) is 11.1. The van der Waals surface area contributed by atoms with E-state index in [1.54, 1.807) is 20.3 Å². The second-order valence-corrected chi connectivity index (χ2v) is 5.39. The summed E-state index contributed by atoms with van der Waals surface area (Å²) in [6, 6.07) is 13.5. The van der Waals surface area contributed by atoms with Gasteiger partial charge in [-0.3, -0.25) is 4.79 Å². The van der Waals surface area contributed by atoms with Crippen LogP contribution in [-0.2, 0) is 6.42 Å². The van der Waals surface area contributed by atoms with Crippen molar-refractivity contribution in [3.63, 3.8) is 0 Å². The lowest BCUT2D eigenvalue weighted by molar-refractivity contribution is 0.0953. The van der Waals surface area contributed by atoms with Gasteiger partial charge in [-0.25, -0.2) is 0 Å². The summed E-state index contributed by atoms with van der Waals surface area (Å²) in [4.78, 5) is 12.1. The Bertz CT molecular complexity index is 650. The summed E-state index contributed by atoms with van der Waals surface area (Å²) in [5.41, 5.74) is 2.85. The molecule has 2 aromatic carbocycles. The Kier molecular flexibility index (Phi) is 6.03. The average Bonchev–Trinajstić information content (AvgIpc) is 2.59. The Morgan fingerprint density at radius 1 is 1.04 bits per heavy atom. The van der Waals surface area contributed by atoms with E-state index in [1.165, 1.54) is 5.56 Å². The highest BCUT2D eigenvalue weighted by Crippen LogP contribution is 2.18. The van der Waals surface area contributed by atoms with Crippen molar-refractivity contribution in [2.45, 2.75) is 19.8 Å². The maximum Gasteiger partial charge on any atom is 0.251 e. The second kappa shape index (κ2) is 8.22. The van der Waals surface area contributed by atoms with Gasteiger partial charge >= 0.3 is 0 Å². The minimum Gasteiger partial charge on any atom is -0.497 e. The highest BCUT2D eigenvalue weighted by molar-refractivity contribution is 5.94. The zero-order valence-corrected chi connectivity index (χ0v) is 13.9. The molecule has 122 valence electrons. The van der Waals surface area contributed by atoms with Crippen LogP contribution in [0.2, 0.25) is 0 Å². The molecule has 4 heteroatoms. The van der Waals surface area contributed by atoms with Gasteiger partial charge in [0.05, 0.1) is 14.2 Å². The maximum absolute atomic E-state index is 12.1. The molecule has 0 aliphatic rings. The van der Waals surface area contributed by atoms with Gasteiger partial charge in [0.25, 0.3) is 5.91 Å². The third-order valence-corrected chi connectivity index (χ3v) is 3.74. The van der Waals surface area contributed by atoms with Crippen molar-refractivity contribution in [2.24, 2.45) is 0 Å². The number of amides is 1. The lowest BCUT2D eigenvalue weighted by atomic mass is 10.1. The Labute approximate surface area is 137 Å². The molecule has 0 aromatic heterocycles. The van der Waals surface area contributed by atoms with E-state index in [2.05, 4.69) is 5.32 Å². The summed E-state index contributed by atoms with van der Waals surface area (Å²) in [5.74, 6) is 1.60. The molecule has 0 aliphatic heterocycles. The third-order valence-electron chi connectivity index (χ3n) is 3.74. The first kappa shape index (κ1) is 16.9. The van der Waals surface area contributed by atoms with E-state index in [1.807, 2.05) is 43.3 Å². The van der Waals surface area contributed by atoms with Gasteiger partial charge in [-0.1, -0.05) is 12.1 Å². The van der Waals surface area contributed by atoms with Crippen LogP contribution in [-0.4, -0.2) is 26.7 Å². The zero-order valence-electron chi connectivity index (χ0n) is 13.9. The number of rotatable bonds is 7.